The summed E-state index contributed by atoms with van der Waals surface area (Å²) in [6.07, 6.45) is 7.22. The molecule has 2 aliphatic rings. The van der Waals surface area contributed by atoms with Crippen molar-refractivity contribution in [3.05, 3.63) is 53.1 Å². The lowest BCUT2D eigenvalue weighted by Crippen LogP contribution is -2.42. The van der Waals surface area contributed by atoms with E-state index in [2.05, 4.69) is 47.1 Å². The molecule has 4 rings (SSSR count). The van der Waals surface area contributed by atoms with Crippen molar-refractivity contribution in [1.29, 1.82) is 0 Å². The van der Waals surface area contributed by atoms with E-state index in [9.17, 15) is 4.79 Å². The Morgan fingerprint density at radius 3 is 2.86 bits per heavy atom. The van der Waals surface area contributed by atoms with Crippen LogP contribution in [0.5, 0.6) is 0 Å². The second kappa shape index (κ2) is 5.58. The van der Waals surface area contributed by atoms with Crippen molar-refractivity contribution in [3.63, 3.8) is 0 Å². The molecule has 0 aromatic heterocycles. The molecule has 1 amide bonds. The van der Waals surface area contributed by atoms with Gasteiger partial charge in [-0.15, -0.1) is 0 Å². The number of hydrogen-bond donors (Lipinski definition) is 2. The van der Waals surface area contributed by atoms with Gasteiger partial charge in [-0.1, -0.05) is 36.4 Å². The van der Waals surface area contributed by atoms with Crippen LogP contribution in [0.2, 0.25) is 0 Å². The van der Waals surface area contributed by atoms with E-state index in [0.717, 1.165) is 43.5 Å². The molecule has 0 spiro atoms. The van der Waals surface area contributed by atoms with E-state index in [0.29, 0.717) is 6.04 Å². The van der Waals surface area contributed by atoms with E-state index in [1.54, 1.807) is 0 Å². The van der Waals surface area contributed by atoms with Crippen molar-refractivity contribution in [2.75, 3.05) is 13.1 Å². The van der Waals surface area contributed by atoms with E-state index >= 15 is 0 Å². The Bertz CT molecular complexity index is 757. The first-order chi connectivity index (χ1) is 10.8. The minimum atomic E-state index is 0.0603. The summed E-state index contributed by atoms with van der Waals surface area (Å²) < 4.78 is 0. The number of allylic oxidation sites excluding steroid dienone is 1. The highest BCUT2D eigenvalue weighted by Crippen LogP contribution is 2.31. The Morgan fingerprint density at radius 1 is 1.14 bits per heavy atom. The van der Waals surface area contributed by atoms with Crippen LogP contribution in [0.1, 0.15) is 34.3 Å². The van der Waals surface area contributed by atoms with Gasteiger partial charge in [-0.05, 0) is 60.3 Å². The minimum Gasteiger partial charge on any atom is -0.349 e. The molecule has 3 heteroatoms. The summed E-state index contributed by atoms with van der Waals surface area (Å²) in [7, 11) is 0. The maximum absolute atomic E-state index is 12.7. The Labute approximate surface area is 130 Å². The standard InChI is InChI=1S/C19H20N2O/c22-19(21-15-9-11-20-12-10-15)17-8-7-14-4-1-3-13-5-2-6-16(17)18(13)14/h1-4,6-8,15,20H,5,9-12H2,(H,21,22). The summed E-state index contributed by atoms with van der Waals surface area (Å²) >= 11 is 0. The number of rotatable bonds is 2. The van der Waals surface area contributed by atoms with Crippen LogP contribution in [-0.4, -0.2) is 25.0 Å². The quantitative estimate of drug-likeness (QED) is 0.893. The number of amides is 1. The van der Waals surface area contributed by atoms with Gasteiger partial charge in [-0.3, -0.25) is 4.79 Å². The summed E-state index contributed by atoms with van der Waals surface area (Å²) in [5.41, 5.74) is 3.19. The van der Waals surface area contributed by atoms with Gasteiger partial charge < -0.3 is 10.6 Å². The van der Waals surface area contributed by atoms with E-state index < -0.39 is 0 Å². The molecule has 2 aromatic carbocycles. The molecule has 1 saturated heterocycles. The van der Waals surface area contributed by atoms with Gasteiger partial charge in [0.1, 0.15) is 0 Å². The van der Waals surface area contributed by atoms with Crippen LogP contribution in [0.25, 0.3) is 16.8 Å². The average molecular weight is 292 g/mol. The highest BCUT2D eigenvalue weighted by Gasteiger charge is 2.20. The van der Waals surface area contributed by atoms with E-state index in [1.807, 2.05) is 6.07 Å². The van der Waals surface area contributed by atoms with Crippen molar-refractivity contribution in [2.24, 2.45) is 0 Å². The van der Waals surface area contributed by atoms with Gasteiger partial charge in [0.15, 0.2) is 0 Å². The SMILES string of the molecule is O=C(NC1CCNCC1)c1ccc2cccc3c2c1C=CC3. The van der Waals surface area contributed by atoms with Gasteiger partial charge >= 0.3 is 0 Å². The van der Waals surface area contributed by atoms with Crippen molar-refractivity contribution in [3.8, 4) is 0 Å². The molecular weight excluding hydrogens is 272 g/mol. The first kappa shape index (κ1) is 13.5. The molecule has 1 aliphatic heterocycles. The number of piperidine rings is 1. The summed E-state index contributed by atoms with van der Waals surface area (Å²) in [6.45, 7) is 1.97. The van der Waals surface area contributed by atoms with Crippen molar-refractivity contribution < 1.29 is 4.79 Å². The van der Waals surface area contributed by atoms with E-state index in [-0.39, 0.29) is 5.91 Å². The van der Waals surface area contributed by atoms with Crippen LogP contribution in [0.3, 0.4) is 0 Å². The third-order valence-corrected chi connectivity index (χ3v) is 4.71. The summed E-state index contributed by atoms with van der Waals surface area (Å²) in [4.78, 5) is 12.7. The number of hydrogen-bond acceptors (Lipinski definition) is 2. The second-order valence-electron chi connectivity index (χ2n) is 6.15. The average Bonchev–Trinajstić information content (AvgIpc) is 2.56. The van der Waals surface area contributed by atoms with Crippen LogP contribution in [0.4, 0.5) is 0 Å². The first-order valence-electron chi connectivity index (χ1n) is 8.05. The van der Waals surface area contributed by atoms with Crippen LogP contribution < -0.4 is 10.6 Å². The fraction of sp³-hybridized carbons (Fsp3) is 0.316. The Hall–Kier alpha value is -2.13. The first-order valence-corrected chi connectivity index (χ1v) is 8.05. The smallest absolute Gasteiger partial charge is 0.252 e. The Kier molecular flexibility index (Phi) is 3.43. The van der Waals surface area contributed by atoms with Crippen molar-refractivity contribution in [2.45, 2.75) is 25.3 Å². The molecule has 1 aliphatic carbocycles. The molecule has 3 nitrogen and oxygen atoms in total. The normalized spacial score (nSPS) is 17.6. The van der Waals surface area contributed by atoms with Gasteiger partial charge in [-0.2, -0.15) is 0 Å². The Morgan fingerprint density at radius 2 is 2.00 bits per heavy atom. The molecule has 112 valence electrons. The lowest BCUT2D eigenvalue weighted by molar-refractivity contribution is 0.0929. The molecule has 1 heterocycles. The molecule has 0 unspecified atom stereocenters. The third kappa shape index (κ3) is 2.32. The molecule has 0 radical (unpaired) electrons. The van der Waals surface area contributed by atoms with Crippen molar-refractivity contribution in [1.82, 2.24) is 10.6 Å². The number of benzene rings is 2. The molecule has 22 heavy (non-hydrogen) atoms. The van der Waals surface area contributed by atoms with Gasteiger partial charge in [0, 0.05) is 11.6 Å². The van der Waals surface area contributed by atoms with Crippen molar-refractivity contribution >= 4 is 22.8 Å². The van der Waals surface area contributed by atoms with E-state index in [1.165, 1.54) is 16.3 Å². The van der Waals surface area contributed by atoms with Crippen LogP contribution in [0.15, 0.2) is 36.4 Å². The number of carbonyl (C=O) groups excluding carboxylic acids is 1. The molecule has 0 saturated carbocycles. The molecule has 2 N–H and O–H groups in total. The van der Waals surface area contributed by atoms with Gasteiger partial charge in [-0.25, -0.2) is 0 Å². The number of carbonyl (C=O) groups is 1. The zero-order chi connectivity index (χ0) is 14.9. The van der Waals surface area contributed by atoms with Gasteiger partial charge in [0.25, 0.3) is 5.91 Å². The summed E-state index contributed by atoms with van der Waals surface area (Å²) in [5, 5.41) is 8.99. The lowest BCUT2D eigenvalue weighted by Gasteiger charge is -2.24. The number of nitrogens with one attached hydrogen (secondary N) is 2. The molecule has 0 atom stereocenters. The predicted octanol–water partition coefficient (Wildman–Crippen LogP) is 2.89. The maximum Gasteiger partial charge on any atom is 0.252 e. The fourth-order valence-electron chi connectivity index (χ4n) is 3.56. The Balaban J connectivity index is 1.71. The largest absolute Gasteiger partial charge is 0.349 e. The third-order valence-electron chi connectivity index (χ3n) is 4.71. The molecule has 2 aromatic rings. The second-order valence-corrected chi connectivity index (χ2v) is 6.15. The van der Waals surface area contributed by atoms with Crippen LogP contribution in [0, 0.1) is 0 Å². The van der Waals surface area contributed by atoms with Crippen LogP contribution >= 0.6 is 0 Å². The zero-order valence-electron chi connectivity index (χ0n) is 12.6. The van der Waals surface area contributed by atoms with Gasteiger partial charge in [0.05, 0.1) is 0 Å². The molecule has 0 bridgehead atoms. The fourth-order valence-corrected chi connectivity index (χ4v) is 3.56. The zero-order valence-corrected chi connectivity index (χ0v) is 12.6. The summed E-state index contributed by atoms with van der Waals surface area (Å²) in [6, 6.07) is 10.7. The molecule has 1 fully saturated rings. The lowest BCUT2D eigenvalue weighted by atomic mass is 9.89. The highest BCUT2D eigenvalue weighted by atomic mass is 16.1. The van der Waals surface area contributed by atoms with E-state index in [4.69, 9.17) is 0 Å². The molecular formula is C19H20N2O. The topological polar surface area (TPSA) is 41.1 Å². The van der Waals surface area contributed by atoms with Gasteiger partial charge in [0.2, 0.25) is 0 Å². The highest BCUT2D eigenvalue weighted by molar-refractivity contribution is 6.06. The predicted molar refractivity (Wildman–Crippen MR) is 90.0 cm³/mol. The monoisotopic (exact) mass is 292 g/mol. The van der Waals surface area contributed by atoms with Crippen LogP contribution in [-0.2, 0) is 6.42 Å². The minimum absolute atomic E-state index is 0.0603. The maximum atomic E-state index is 12.7. The summed E-state index contributed by atoms with van der Waals surface area (Å²) in [5.74, 6) is 0.0603.